The number of aromatic nitrogens is 3. The molecule has 102 valence electrons. The van der Waals surface area contributed by atoms with Crippen LogP contribution < -0.4 is 10.1 Å². The van der Waals surface area contributed by atoms with Gasteiger partial charge in [0.15, 0.2) is 0 Å². The molecule has 0 fully saturated rings. The van der Waals surface area contributed by atoms with Gasteiger partial charge in [-0.05, 0) is 38.6 Å². The van der Waals surface area contributed by atoms with Crippen molar-refractivity contribution in [2.24, 2.45) is 0 Å². The molecule has 1 aromatic heterocycles. The van der Waals surface area contributed by atoms with Crippen molar-refractivity contribution in [1.29, 1.82) is 0 Å². The lowest BCUT2D eigenvalue weighted by Gasteiger charge is -2.17. The van der Waals surface area contributed by atoms with E-state index in [0.29, 0.717) is 0 Å². The fraction of sp³-hybridized carbons (Fsp3) is 0.429. The third-order valence-corrected chi connectivity index (χ3v) is 2.84. The molecule has 5 nitrogen and oxygen atoms in total. The molecule has 1 unspecified atom stereocenters. The lowest BCUT2D eigenvalue weighted by molar-refractivity contribution is 0.242. The van der Waals surface area contributed by atoms with Gasteiger partial charge in [0.1, 0.15) is 18.4 Å². The lowest BCUT2D eigenvalue weighted by Crippen LogP contribution is -2.22. The molecule has 0 saturated carbocycles. The van der Waals surface area contributed by atoms with Crippen LogP contribution in [0.4, 0.5) is 0 Å². The van der Waals surface area contributed by atoms with E-state index in [2.05, 4.69) is 27.5 Å². The minimum atomic E-state index is 0.195. The topological polar surface area (TPSA) is 52.0 Å². The van der Waals surface area contributed by atoms with Crippen molar-refractivity contribution in [2.45, 2.75) is 32.5 Å². The molecule has 0 amide bonds. The average molecular weight is 260 g/mol. The highest BCUT2D eigenvalue weighted by molar-refractivity contribution is 5.29. The molecular weight excluding hydrogens is 240 g/mol. The Morgan fingerprint density at radius 1 is 1.26 bits per heavy atom. The third kappa shape index (κ3) is 3.79. The van der Waals surface area contributed by atoms with E-state index in [1.807, 2.05) is 37.7 Å². The van der Waals surface area contributed by atoms with E-state index in [9.17, 15) is 0 Å². The van der Waals surface area contributed by atoms with Crippen molar-refractivity contribution in [1.82, 2.24) is 20.1 Å². The fourth-order valence-corrected chi connectivity index (χ4v) is 1.93. The van der Waals surface area contributed by atoms with Crippen LogP contribution in [0, 0.1) is 0 Å². The molecule has 0 spiro atoms. The molecular formula is C14H20N4O. The van der Waals surface area contributed by atoms with Gasteiger partial charge in [0.25, 0.3) is 0 Å². The summed E-state index contributed by atoms with van der Waals surface area (Å²) in [7, 11) is 1.94. The second-order valence-electron chi connectivity index (χ2n) is 4.69. The molecule has 0 saturated heterocycles. The van der Waals surface area contributed by atoms with Crippen molar-refractivity contribution in [3.63, 3.8) is 0 Å². The number of hydrogen-bond donors (Lipinski definition) is 1. The van der Waals surface area contributed by atoms with E-state index in [1.165, 1.54) is 5.56 Å². The van der Waals surface area contributed by atoms with Crippen LogP contribution in [-0.4, -0.2) is 27.9 Å². The van der Waals surface area contributed by atoms with Crippen LogP contribution >= 0.6 is 0 Å². The summed E-state index contributed by atoms with van der Waals surface area (Å²) >= 11 is 0. The molecule has 0 aliphatic heterocycles. The number of likely N-dealkylation sites (N-methyl/N-ethyl adjacent to an activating group) is 1. The summed E-state index contributed by atoms with van der Waals surface area (Å²) < 4.78 is 7.46. The highest BCUT2D eigenvalue weighted by atomic mass is 16.5. The smallest absolute Gasteiger partial charge is 0.137 e. The van der Waals surface area contributed by atoms with Gasteiger partial charge in [-0.2, -0.15) is 5.10 Å². The van der Waals surface area contributed by atoms with E-state index in [0.717, 1.165) is 12.3 Å². The van der Waals surface area contributed by atoms with Gasteiger partial charge in [-0.25, -0.2) is 4.98 Å². The van der Waals surface area contributed by atoms with Gasteiger partial charge < -0.3 is 10.1 Å². The zero-order valence-corrected chi connectivity index (χ0v) is 11.6. The van der Waals surface area contributed by atoms with Gasteiger partial charge in [-0.1, -0.05) is 12.1 Å². The SMILES string of the molecule is CNC(Cn1cncn1)c1ccc(OC(C)C)cc1. The number of nitrogens with one attached hydrogen (secondary N) is 1. The van der Waals surface area contributed by atoms with Crippen LogP contribution in [0.2, 0.25) is 0 Å². The first-order chi connectivity index (χ1) is 9.19. The van der Waals surface area contributed by atoms with Crippen LogP contribution in [-0.2, 0) is 6.54 Å². The van der Waals surface area contributed by atoms with Crippen molar-refractivity contribution in [2.75, 3.05) is 7.05 Å². The van der Waals surface area contributed by atoms with E-state index >= 15 is 0 Å². The molecule has 1 atom stereocenters. The normalized spacial score (nSPS) is 12.6. The monoisotopic (exact) mass is 260 g/mol. The Labute approximate surface area is 113 Å². The first kappa shape index (κ1) is 13.5. The second-order valence-corrected chi connectivity index (χ2v) is 4.69. The number of hydrogen-bond acceptors (Lipinski definition) is 4. The van der Waals surface area contributed by atoms with Gasteiger partial charge in [-0.3, -0.25) is 4.68 Å². The van der Waals surface area contributed by atoms with E-state index < -0.39 is 0 Å². The molecule has 1 N–H and O–H groups in total. The van der Waals surface area contributed by atoms with Crippen LogP contribution in [0.5, 0.6) is 5.75 Å². The molecule has 2 aromatic rings. The predicted octanol–water partition coefficient (Wildman–Crippen LogP) is 2.03. The van der Waals surface area contributed by atoms with Crippen LogP contribution in [0.25, 0.3) is 0 Å². The molecule has 1 heterocycles. The summed E-state index contributed by atoms with van der Waals surface area (Å²) in [5.41, 5.74) is 1.20. The number of benzene rings is 1. The van der Waals surface area contributed by atoms with Gasteiger partial charge in [-0.15, -0.1) is 0 Å². The Hall–Kier alpha value is -1.88. The highest BCUT2D eigenvalue weighted by Gasteiger charge is 2.10. The minimum absolute atomic E-state index is 0.195. The summed E-state index contributed by atoms with van der Waals surface area (Å²) in [6.45, 7) is 4.80. The van der Waals surface area contributed by atoms with Gasteiger partial charge in [0.05, 0.1) is 18.7 Å². The lowest BCUT2D eigenvalue weighted by atomic mass is 10.1. The molecule has 0 aliphatic carbocycles. The number of rotatable bonds is 6. The Morgan fingerprint density at radius 3 is 2.53 bits per heavy atom. The quantitative estimate of drug-likeness (QED) is 0.863. The van der Waals surface area contributed by atoms with Crippen molar-refractivity contribution in [3.8, 4) is 5.75 Å². The van der Waals surface area contributed by atoms with Crippen molar-refractivity contribution in [3.05, 3.63) is 42.5 Å². The van der Waals surface area contributed by atoms with Gasteiger partial charge in [0.2, 0.25) is 0 Å². The molecule has 2 rings (SSSR count). The highest BCUT2D eigenvalue weighted by Crippen LogP contribution is 2.19. The zero-order valence-electron chi connectivity index (χ0n) is 11.6. The summed E-state index contributed by atoms with van der Waals surface area (Å²) in [4.78, 5) is 3.95. The van der Waals surface area contributed by atoms with Gasteiger partial charge in [0, 0.05) is 0 Å². The molecule has 0 radical (unpaired) electrons. The predicted molar refractivity (Wildman–Crippen MR) is 74.0 cm³/mol. The Bertz CT molecular complexity index is 479. The molecule has 0 bridgehead atoms. The van der Waals surface area contributed by atoms with Crippen LogP contribution in [0.3, 0.4) is 0 Å². The summed E-state index contributed by atoms with van der Waals surface area (Å²) in [5, 5.41) is 7.41. The fourth-order valence-electron chi connectivity index (χ4n) is 1.93. The Kier molecular flexibility index (Phi) is 4.52. The second kappa shape index (κ2) is 6.33. The minimum Gasteiger partial charge on any atom is -0.491 e. The third-order valence-electron chi connectivity index (χ3n) is 2.84. The van der Waals surface area contributed by atoms with Crippen LogP contribution in [0.15, 0.2) is 36.9 Å². The van der Waals surface area contributed by atoms with Gasteiger partial charge >= 0.3 is 0 Å². The molecule has 1 aromatic carbocycles. The average Bonchev–Trinajstić information content (AvgIpc) is 2.89. The Balaban J connectivity index is 2.06. The van der Waals surface area contributed by atoms with Crippen LogP contribution in [0.1, 0.15) is 25.5 Å². The first-order valence-corrected chi connectivity index (χ1v) is 6.45. The van der Waals surface area contributed by atoms with Crippen molar-refractivity contribution >= 4 is 0 Å². The maximum Gasteiger partial charge on any atom is 0.137 e. The number of nitrogens with zero attached hydrogens (tertiary/aromatic N) is 3. The van der Waals surface area contributed by atoms with E-state index in [4.69, 9.17) is 4.74 Å². The zero-order chi connectivity index (χ0) is 13.7. The standard InChI is InChI=1S/C14H20N4O/c1-11(2)19-13-6-4-12(5-7-13)14(15-3)8-18-10-16-9-17-18/h4-7,9-11,14-15H,8H2,1-3H3. The first-order valence-electron chi connectivity index (χ1n) is 6.45. The largest absolute Gasteiger partial charge is 0.491 e. The van der Waals surface area contributed by atoms with Crippen molar-refractivity contribution < 1.29 is 4.74 Å². The summed E-state index contributed by atoms with van der Waals surface area (Å²) in [5.74, 6) is 0.898. The summed E-state index contributed by atoms with van der Waals surface area (Å²) in [6, 6.07) is 8.36. The maximum absolute atomic E-state index is 5.64. The molecule has 5 heteroatoms. The molecule has 0 aliphatic rings. The van der Waals surface area contributed by atoms with E-state index in [1.54, 1.807) is 12.7 Å². The van der Waals surface area contributed by atoms with E-state index in [-0.39, 0.29) is 12.1 Å². The number of ether oxygens (including phenoxy) is 1. The Morgan fingerprint density at radius 2 is 2.00 bits per heavy atom. The summed E-state index contributed by atoms with van der Waals surface area (Å²) in [6.07, 6.45) is 3.47. The maximum atomic E-state index is 5.64. The molecule has 19 heavy (non-hydrogen) atoms.